The molecule has 1 fully saturated rings. The minimum absolute atomic E-state index is 0.745. The Balaban J connectivity index is 1.45. The average molecular weight is 425 g/mol. The summed E-state index contributed by atoms with van der Waals surface area (Å²) in [5.74, 6) is 0.745. The molecule has 1 aromatic carbocycles. The zero-order valence-electron chi connectivity index (χ0n) is 18.1. The second-order valence-corrected chi connectivity index (χ2v) is 8.45. The summed E-state index contributed by atoms with van der Waals surface area (Å²) < 4.78 is 0. The number of H-pyrrole nitrogens is 2. The van der Waals surface area contributed by atoms with Crippen molar-refractivity contribution in [3.05, 3.63) is 54.6 Å². The van der Waals surface area contributed by atoms with Crippen molar-refractivity contribution in [3.8, 4) is 22.6 Å². The van der Waals surface area contributed by atoms with Crippen LogP contribution in [0.25, 0.3) is 44.6 Å². The molecule has 1 aliphatic rings. The smallest absolute Gasteiger partial charge is 0.159 e. The molecular formula is C24H24N8. The predicted octanol–water partition coefficient (Wildman–Crippen LogP) is 3.62. The molecule has 5 heterocycles. The molecule has 32 heavy (non-hydrogen) atoms. The zero-order chi connectivity index (χ0) is 21.7. The lowest BCUT2D eigenvalue weighted by Crippen LogP contribution is -2.44. The van der Waals surface area contributed by atoms with Crippen molar-refractivity contribution in [2.24, 2.45) is 0 Å². The number of hydrogen-bond donors (Lipinski definition) is 2. The van der Waals surface area contributed by atoms with Crippen LogP contribution >= 0.6 is 0 Å². The molecule has 6 rings (SSSR count). The Kier molecular flexibility index (Phi) is 4.39. The number of hydrogen-bond acceptors (Lipinski definition) is 6. The first-order valence-corrected chi connectivity index (χ1v) is 10.8. The molecule has 1 aliphatic heterocycles. The monoisotopic (exact) mass is 424 g/mol. The topological polar surface area (TPSA) is 89.6 Å². The van der Waals surface area contributed by atoms with E-state index in [1.165, 1.54) is 5.56 Å². The molecule has 0 radical (unpaired) electrons. The fraction of sp³-hybridized carbons (Fsp3) is 0.250. The van der Waals surface area contributed by atoms with Gasteiger partial charge in [-0.2, -0.15) is 5.10 Å². The van der Waals surface area contributed by atoms with Gasteiger partial charge in [0.2, 0.25) is 0 Å². The zero-order valence-corrected chi connectivity index (χ0v) is 18.1. The standard InChI is InChI=1S/C24H24N8/c1-15-5-6-25-12-18(15)16-3-4-19-17(11-16)22(30-29-19)24-27-20-13-26-14-21(23(20)28-24)32-9-7-31(2)8-10-32/h3-6,11-14H,7-10H2,1-2H3,(H,27,28)(H,29,30). The van der Waals surface area contributed by atoms with E-state index in [4.69, 9.17) is 4.98 Å². The summed E-state index contributed by atoms with van der Waals surface area (Å²) in [6.07, 6.45) is 7.49. The largest absolute Gasteiger partial charge is 0.366 e. The molecule has 1 saturated heterocycles. The number of anilines is 1. The highest BCUT2D eigenvalue weighted by Crippen LogP contribution is 2.33. The number of benzene rings is 1. The number of aromatic nitrogens is 6. The molecule has 0 unspecified atom stereocenters. The second kappa shape index (κ2) is 7.42. The Morgan fingerprint density at radius 2 is 1.81 bits per heavy atom. The summed E-state index contributed by atoms with van der Waals surface area (Å²) in [5.41, 5.74) is 8.14. The van der Waals surface area contributed by atoms with E-state index in [1.807, 2.05) is 30.9 Å². The molecule has 2 N–H and O–H groups in total. The number of pyridine rings is 2. The summed E-state index contributed by atoms with van der Waals surface area (Å²) in [5, 5.41) is 8.77. The maximum atomic E-state index is 4.97. The molecule has 5 aromatic rings. The normalized spacial score (nSPS) is 15.1. The van der Waals surface area contributed by atoms with E-state index < -0.39 is 0 Å². The third kappa shape index (κ3) is 3.11. The van der Waals surface area contributed by atoms with Crippen molar-refractivity contribution in [2.45, 2.75) is 6.92 Å². The lowest BCUT2D eigenvalue weighted by molar-refractivity contribution is 0.313. The van der Waals surface area contributed by atoms with Gasteiger partial charge in [0, 0.05) is 49.5 Å². The van der Waals surface area contributed by atoms with Crippen LogP contribution in [-0.4, -0.2) is 68.3 Å². The van der Waals surface area contributed by atoms with E-state index in [9.17, 15) is 0 Å². The summed E-state index contributed by atoms with van der Waals surface area (Å²) in [4.78, 5) is 21.9. The number of aryl methyl sites for hydroxylation is 1. The highest BCUT2D eigenvalue weighted by Gasteiger charge is 2.20. The van der Waals surface area contributed by atoms with Gasteiger partial charge in [-0.1, -0.05) is 6.07 Å². The summed E-state index contributed by atoms with van der Waals surface area (Å²) in [6.45, 7) is 6.11. The van der Waals surface area contributed by atoms with Crippen molar-refractivity contribution in [3.63, 3.8) is 0 Å². The van der Waals surface area contributed by atoms with Gasteiger partial charge in [-0.15, -0.1) is 0 Å². The minimum Gasteiger partial charge on any atom is -0.366 e. The molecule has 0 spiro atoms. The number of aromatic amines is 2. The quantitative estimate of drug-likeness (QED) is 0.460. The van der Waals surface area contributed by atoms with E-state index in [2.05, 4.69) is 67.1 Å². The van der Waals surface area contributed by atoms with Crippen LogP contribution in [0.5, 0.6) is 0 Å². The van der Waals surface area contributed by atoms with Gasteiger partial charge in [0.1, 0.15) is 11.2 Å². The fourth-order valence-corrected chi connectivity index (χ4v) is 4.44. The number of nitrogens with zero attached hydrogens (tertiary/aromatic N) is 6. The van der Waals surface area contributed by atoms with Crippen molar-refractivity contribution in [2.75, 3.05) is 38.1 Å². The Morgan fingerprint density at radius 1 is 0.938 bits per heavy atom. The third-order valence-electron chi connectivity index (χ3n) is 6.36. The molecule has 160 valence electrons. The molecule has 0 aliphatic carbocycles. The van der Waals surface area contributed by atoms with Gasteiger partial charge in [-0.05, 0) is 43.3 Å². The van der Waals surface area contributed by atoms with Gasteiger partial charge in [0.25, 0.3) is 0 Å². The SMILES string of the molecule is Cc1ccncc1-c1ccc2[nH]nc(-c3nc4c(N5CCN(C)CC5)cncc4[nH]3)c2c1. The van der Waals surface area contributed by atoms with Crippen LogP contribution in [0.1, 0.15) is 5.56 Å². The number of rotatable bonds is 3. The van der Waals surface area contributed by atoms with Gasteiger partial charge >= 0.3 is 0 Å². The number of fused-ring (bicyclic) bond motifs is 2. The number of nitrogens with one attached hydrogen (secondary N) is 2. The summed E-state index contributed by atoms with van der Waals surface area (Å²) >= 11 is 0. The van der Waals surface area contributed by atoms with E-state index in [1.54, 1.807) is 0 Å². The van der Waals surface area contributed by atoms with Crippen molar-refractivity contribution < 1.29 is 0 Å². The molecule has 0 bridgehead atoms. The third-order valence-corrected chi connectivity index (χ3v) is 6.36. The maximum absolute atomic E-state index is 4.97. The number of likely N-dealkylation sites (N-methyl/N-ethyl adjacent to an activating group) is 1. The molecule has 8 nitrogen and oxygen atoms in total. The van der Waals surface area contributed by atoms with Crippen LogP contribution in [0.15, 0.2) is 49.1 Å². The molecule has 0 atom stereocenters. The van der Waals surface area contributed by atoms with Gasteiger partial charge in [-0.25, -0.2) is 4.98 Å². The van der Waals surface area contributed by atoms with Gasteiger partial charge < -0.3 is 14.8 Å². The average Bonchev–Trinajstić information content (AvgIpc) is 3.43. The van der Waals surface area contributed by atoms with E-state index in [0.717, 1.165) is 76.4 Å². The van der Waals surface area contributed by atoms with E-state index in [0.29, 0.717) is 0 Å². The van der Waals surface area contributed by atoms with Crippen molar-refractivity contribution >= 4 is 27.6 Å². The second-order valence-electron chi connectivity index (χ2n) is 8.45. The maximum Gasteiger partial charge on any atom is 0.159 e. The fourth-order valence-electron chi connectivity index (χ4n) is 4.44. The Morgan fingerprint density at radius 3 is 2.66 bits per heavy atom. The lowest BCUT2D eigenvalue weighted by atomic mass is 10.0. The predicted molar refractivity (Wildman–Crippen MR) is 127 cm³/mol. The highest BCUT2D eigenvalue weighted by molar-refractivity contribution is 5.97. The molecule has 0 saturated carbocycles. The van der Waals surface area contributed by atoms with Crippen LogP contribution in [0.3, 0.4) is 0 Å². The first-order valence-electron chi connectivity index (χ1n) is 10.8. The van der Waals surface area contributed by atoms with Crippen LogP contribution in [-0.2, 0) is 0 Å². The Labute approximate surface area is 185 Å². The van der Waals surface area contributed by atoms with Crippen LogP contribution in [0.4, 0.5) is 5.69 Å². The van der Waals surface area contributed by atoms with Crippen LogP contribution < -0.4 is 4.90 Å². The van der Waals surface area contributed by atoms with Gasteiger partial charge in [0.05, 0.1) is 29.1 Å². The summed E-state index contributed by atoms with van der Waals surface area (Å²) in [6, 6.07) is 8.35. The minimum atomic E-state index is 0.745. The van der Waals surface area contributed by atoms with E-state index in [-0.39, 0.29) is 0 Å². The van der Waals surface area contributed by atoms with Crippen LogP contribution in [0, 0.1) is 6.92 Å². The molecule has 0 amide bonds. The van der Waals surface area contributed by atoms with Gasteiger partial charge in [-0.3, -0.25) is 15.1 Å². The van der Waals surface area contributed by atoms with Crippen LogP contribution in [0.2, 0.25) is 0 Å². The van der Waals surface area contributed by atoms with Crippen molar-refractivity contribution in [1.29, 1.82) is 0 Å². The Hall–Kier alpha value is -3.78. The number of imidazole rings is 1. The molecule has 8 heteroatoms. The summed E-state index contributed by atoms with van der Waals surface area (Å²) in [7, 11) is 2.16. The molecule has 4 aromatic heterocycles. The van der Waals surface area contributed by atoms with Gasteiger partial charge in [0.15, 0.2) is 5.82 Å². The Bertz CT molecular complexity index is 1420. The highest BCUT2D eigenvalue weighted by atomic mass is 15.3. The number of piperazine rings is 1. The lowest BCUT2D eigenvalue weighted by Gasteiger charge is -2.33. The van der Waals surface area contributed by atoms with E-state index >= 15 is 0 Å². The van der Waals surface area contributed by atoms with Crippen molar-refractivity contribution in [1.82, 2.24) is 35.0 Å². The molecular weight excluding hydrogens is 400 g/mol. The first-order chi connectivity index (χ1) is 15.7. The first kappa shape index (κ1) is 18.9.